The molecule has 0 amide bonds. The topological polar surface area (TPSA) is 76.5 Å². The van der Waals surface area contributed by atoms with Crippen molar-refractivity contribution in [2.45, 2.75) is 11.4 Å². The maximum Gasteiger partial charge on any atom is 0.244 e. The Morgan fingerprint density at radius 2 is 2.14 bits per heavy atom. The second-order valence-electron chi connectivity index (χ2n) is 4.35. The lowest BCUT2D eigenvalue weighted by Crippen LogP contribution is -2.26. The Kier molecular flexibility index (Phi) is 4.67. The van der Waals surface area contributed by atoms with Gasteiger partial charge in [0.1, 0.15) is 15.6 Å². The summed E-state index contributed by atoms with van der Waals surface area (Å²) in [4.78, 5) is 0.156. The fourth-order valence-corrected chi connectivity index (χ4v) is 3.52. The van der Waals surface area contributed by atoms with Crippen LogP contribution in [0.25, 0.3) is 0 Å². The number of furan rings is 1. The summed E-state index contributed by atoms with van der Waals surface area (Å²) in [6.07, 6.45) is 1.49. The van der Waals surface area contributed by atoms with Crippen molar-refractivity contribution < 1.29 is 12.8 Å². The van der Waals surface area contributed by atoms with Crippen LogP contribution in [0.15, 0.2) is 45.9 Å². The van der Waals surface area contributed by atoms with Crippen LogP contribution in [-0.4, -0.2) is 24.8 Å². The van der Waals surface area contributed by atoms with Crippen molar-refractivity contribution >= 4 is 38.8 Å². The molecular weight excluding hydrogens is 332 g/mol. The fraction of sp³-hybridized carbons (Fsp3) is 0.154. The van der Waals surface area contributed by atoms with Crippen molar-refractivity contribution in [1.82, 2.24) is 4.31 Å². The van der Waals surface area contributed by atoms with Gasteiger partial charge in [0.2, 0.25) is 10.0 Å². The van der Waals surface area contributed by atoms with Gasteiger partial charge in [-0.05, 0) is 24.3 Å². The molecule has 1 aromatic heterocycles. The van der Waals surface area contributed by atoms with Gasteiger partial charge in [-0.25, -0.2) is 8.42 Å². The van der Waals surface area contributed by atoms with Gasteiger partial charge in [0, 0.05) is 12.6 Å². The van der Waals surface area contributed by atoms with Crippen LogP contribution in [0.2, 0.25) is 5.02 Å². The third kappa shape index (κ3) is 3.44. The van der Waals surface area contributed by atoms with Gasteiger partial charge in [-0.3, -0.25) is 0 Å². The molecule has 1 aromatic carbocycles. The molecule has 0 atom stereocenters. The predicted molar refractivity (Wildman–Crippen MR) is 84.7 cm³/mol. The SMILES string of the molecule is CN(Cc1ccco1)S(=O)(=O)c1ccc(C(N)=S)cc1Cl. The monoisotopic (exact) mass is 344 g/mol. The Balaban J connectivity index is 2.33. The highest BCUT2D eigenvalue weighted by atomic mass is 35.5. The quantitative estimate of drug-likeness (QED) is 0.843. The van der Waals surface area contributed by atoms with E-state index in [0.717, 1.165) is 4.31 Å². The lowest BCUT2D eigenvalue weighted by Gasteiger charge is -2.17. The van der Waals surface area contributed by atoms with Gasteiger partial charge in [0.05, 0.1) is 17.8 Å². The molecule has 5 nitrogen and oxygen atoms in total. The van der Waals surface area contributed by atoms with E-state index >= 15 is 0 Å². The van der Waals surface area contributed by atoms with Crippen LogP contribution in [0.5, 0.6) is 0 Å². The number of rotatable bonds is 5. The molecule has 0 unspecified atom stereocenters. The van der Waals surface area contributed by atoms with E-state index in [-0.39, 0.29) is 21.5 Å². The summed E-state index contributed by atoms with van der Waals surface area (Å²) >= 11 is 10.9. The van der Waals surface area contributed by atoms with E-state index in [1.54, 1.807) is 12.1 Å². The summed E-state index contributed by atoms with van der Waals surface area (Å²) in [5, 5.41) is 0.0756. The van der Waals surface area contributed by atoms with Gasteiger partial charge in [0.25, 0.3) is 0 Å². The molecule has 0 radical (unpaired) electrons. The van der Waals surface area contributed by atoms with E-state index in [1.807, 2.05) is 0 Å². The highest BCUT2D eigenvalue weighted by Gasteiger charge is 2.24. The van der Waals surface area contributed by atoms with E-state index in [1.165, 1.54) is 31.5 Å². The Morgan fingerprint density at radius 1 is 1.43 bits per heavy atom. The van der Waals surface area contributed by atoms with Crippen molar-refractivity contribution in [2.24, 2.45) is 5.73 Å². The van der Waals surface area contributed by atoms with Gasteiger partial charge >= 0.3 is 0 Å². The van der Waals surface area contributed by atoms with Crippen LogP contribution in [0.4, 0.5) is 0 Å². The van der Waals surface area contributed by atoms with Crippen LogP contribution < -0.4 is 5.73 Å². The smallest absolute Gasteiger partial charge is 0.244 e. The Hall–Kier alpha value is -1.41. The van der Waals surface area contributed by atoms with Crippen molar-refractivity contribution in [1.29, 1.82) is 0 Å². The van der Waals surface area contributed by atoms with Crippen LogP contribution in [0.3, 0.4) is 0 Å². The van der Waals surface area contributed by atoms with Crippen LogP contribution in [0.1, 0.15) is 11.3 Å². The zero-order valence-corrected chi connectivity index (χ0v) is 13.5. The number of sulfonamides is 1. The maximum atomic E-state index is 12.5. The summed E-state index contributed by atoms with van der Waals surface area (Å²) in [7, 11) is -2.28. The number of thiocarbonyl (C=S) groups is 1. The van der Waals surface area contributed by atoms with E-state index in [2.05, 4.69) is 0 Å². The molecule has 0 saturated heterocycles. The van der Waals surface area contributed by atoms with Gasteiger partial charge in [-0.15, -0.1) is 0 Å². The summed E-state index contributed by atoms with van der Waals surface area (Å²) in [5.74, 6) is 0.539. The first-order valence-electron chi connectivity index (χ1n) is 5.90. The summed E-state index contributed by atoms with van der Waals surface area (Å²) < 4.78 is 31.3. The number of hydrogen-bond acceptors (Lipinski definition) is 4. The minimum absolute atomic E-state index is 0.00165. The second kappa shape index (κ2) is 6.15. The molecule has 0 spiro atoms. The average Bonchev–Trinajstić information content (AvgIpc) is 2.90. The molecule has 2 N–H and O–H groups in total. The Labute approximate surface area is 133 Å². The van der Waals surface area contributed by atoms with Crippen LogP contribution >= 0.6 is 23.8 Å². The molecule has 0 fully saturated rings. The zero-order valence-electron chi connectivity index (χ0n) is 11.1. The van der Waals surface area contributed by atoms with Gasteiger partial charge < -0.3 is 10.2 Å². The molecule has 0 aliphatic rings. The molecule has 2 rings (SSSR count). The number of halogens is 1. The minimum atomic E-state index is -3.73. The van der Waals surface area contributed by atoms with Crippen molar-refractivity contribution in [3.63, 3.8) is 0 Å². The maximum absolute atomic E-state index is 12.5. The molecule has 2 aromatic rings. The standard InChI is InChI=1S/C13H13ClN2O3S2/c1-16(8-10-3-2-6-19-10)21(17,18)12-5-4-9(13(15)20)7-11(12)14/h2-7H,8H2,1H3,(H2,15,20). The third-order valence-corrected chi connectivity index (χ3v) is 5.39. The Morgan fingerprint density at radius 3 is 2.67 bits per heavy atom. The van der Waals surface area contributed by atoms with E-state index < -0.39 is 10.0 Å². The first-order chi connectivity index (χ1) is 9.82. The number of nitrogens with two attached hydrogens (primary N) is 1. The summed E-state index contributed by atoms with van der Waals surface area (Å²) in [6.45, 7) is 0.114. The summed E-state index contributed by atoms with van der Waals surface area (Å²) in [6, 6.07) is 7.76. The van der Waals surface area contributed by atoms with E-state index in [0.29, 0.717) is 11.3 Å². The molecule has 0 saturated carbocycles. The first kappa shape index (κ1) is 16.0. The lowest BCUT2D eigenvalue weighted by atomic mass is 10.2. The highest BCUT2D eigenvalue weighted by molar-refractivity contribution is 7.89. The van der Waals surface area contributed by atoms with Crippen LogP contribution in [0, 0.1) is 0 Å². The second-order valence-corrected chi connectivity index (χ2v) is 7.21. The van der Waals surface area contributed by atoms with Gasteiger partial charge in [-0.1, -0.05) is 29.9 Å². The molecule has 0 aliphatic heterocycles. The Bertz CT molecular complexity index is 758. The molecule has 21 heavy (non-hydrogen) atoms. The number of hydrogen-bond donors (Lipinski definition) is 1. The number of nitrogens with zero attached hydrogens (tertiary/aromatic N) is 1. The molecule has 112 valence electrons. The lowest BCUT2D eigenvalue weighted by molar-refractivity contribution is 0.406. The predicted octanol–water partition coefficient (Wildman–Crippen LogP) is 2.39. The molecule has 8 heteroatoms. The van der Waals surface area contributed by atoms with Crippen molar-refractivity contribution in [2.75, 3.05) is 7.05 Å². The molecule has 1 heterocycles. The van der Waals surface area contributed by atoms with Gasteiger partial charge in [-0.2, -0.15) is 4.31 Å². The van der Waals surface area contributed by atoms with E-state index in [9.17, 15) is 8.42 Å². The average molecular weight is 345 g/mol. The van der Waals surface area contributed by atoms with Crippen molar-refractivity contribution in [3.8, 4) is 0 Å². The fourth-order valence-electron chi connectivity index (χ4n) is 1.74. The van der Waals surface area contributed by atoms with Crippen LogP contribution in [-0.2, 0) is 16.6 Å². The third-order valence-electron chi connectivity index (χ3n) is 2.86. The zero-order chi connectivity index (χ0) is 15.6. The van der Waals surface area contributed by atoms with E-state index in [4.69, 9.17) is 34.0 Å². The molecule has 0 aliphatic carbocycles. The normalized spacial score (nSPS) is 11.8. The molecule has 0 bridgehead atoms. The first-order valence-corrected chi connectivity index (χ1v) is 8.13. The van der Waals surface area contributed by atoms with Gasteiger partial charge in [0.15, 0.2) is 0 Å². The van der Waals surface area contributed by atoms with Crippen molar-refractivity contribution in [3.05, 3.63) is 52.9 Å². The minimum Gasteiger partial charge on any atom is -0.468 e. The molecular formula is C13H13ClN2O3S2. The highest BCUT2D eigenvalue weighted by Crippen LogP contribution is 2.26. The largest absolute Gasteiger partial charge is 0.468 e. The summed E-state index contributed by atoms with van der Waals surface area (Å²) in [5.41, 5.74) is 6.01. The number of benzene rings is 1.